The Balaban J connectivity index is 3.14. The standard InChI is InChI=1S/C7H6BCl2N2O3/c1-15-8-12-3-2-4(9)11-6(10)5(3)7(13)14/h2H,1H3,(H,11,12)(H,13,14). The Hall–Kier alpha value is -0.975. The number of rotatable bonds is 4. The lowest BCUT2D eigenvalue weighted by molar-refractivity contribution is 0.0698. The number of hydrogen-bond acceptors (Lipinski definition) is 4. The van der Waals surface area contributed by atoms with E-state index in [1.54, 1.807) is 0 Å². The molecule has 0 saturated carbocycles. The van der Waals surface area contributed by atoms with Crippen molar-refractivity contribution >= 4 is 42.5 Å². The minimum atomic E-state index is -1.20. The Labute approximate surface area is 96.7 Å². The monoisotopic (exact) mass is 247 g/mol. The molecular formula is C7H6BCl2N2O3. The van der Waals surface area contributed by atoms with Gasteiger partial charge in [-0.05, 0) is 6.07 Å². The molecule has 0 aliphatic heterocycles. The van der Waals surface area contributed by atoms with Gasteiger partial charge in [0.1, 0.15) is 15.9 Å². The second-order valence-corrected chi connectivity index (χ2v) is 3.21. The number of carboxylic acid groups (broad SMARTS) is 1. The summed E-state index contributed by atoms with van der Waals surface area (Å²) in [5.41, 5.74) is 0.0590. The maximum absolute atomic E-state index is 10.9. The first-order valence-electron chi connectivity index (χ1n) is 3.76. The lowest BCUT2D eigenvalue weighted by Gasteiger charge is -2.08. The molecule has 0 amide bonds. The van der Waals surface area contributed by atoms with Crippen LogP contribution in [0.5, 0.6) is 0 Å². The summed E-state index contributed by atoms with van der Waals surface area (Å²) in [7, 11) is 2.62. The highest BCUT2D eigenvalue weighted by Crippen LogP contribution is 2.25. The Bertz CT molecular complexity index is 389. The van der Waals surface area contributed by atoms with E-state index < -0.39 is 5.97 Å². The molecule has 1 aromatic rings. The van der Waals surface area contributed by atoms with Crippen LogP contribution in [0, 0.1) is 0 Å². The van der Waals surface area contributed by atoms with Crippen LogP contribution in [-0.2, 0) is 4.65 Å². The highest BCUT2D eigenvalue weighted by atomic mass is 35.5. The van der Waals surface area contributed by atoms with E-state index in [2.05, 4.69) is 14.9 Å². The van der Waals surface area contributed by atoms with Crippen LogP contribution < -0.4 is 5.23 Å². The molecular weight excluding hydrogens is 242 g/mol. The Morgan fingerprint density at radius 2 is 2.33 bits per heavy atom. The Morgan fingerprint density at radius 3 is 2.87 bits per heavy atom. The maximum atomic E-state index is 10.9. The smallest absolute Gasteiger partial charge is 0.435 e. The molecule has 0 aromatic carbocycles. The van der Waals surface area contributed by atoms with Crippen molar-refractivity contribution in [1.29, 1.82) is 0 Å². The van der Waals surface area contributed by atoms with Crippen LogP contribution in [0.15, 0.2) is 6.07 Å². The summed E-state index contributed by atoms with van der Waals surface area (Å²) < 4.78 is 4.62. The van der Waals surface area contributed by atoms with E-state index in [1.165, 1.54) is 20.8 Å². The topological polar surface area (TPSA) is 71.5 Å². The van der Waals surface area contributed by atoms with Crippen molar-refractivity contribution < 1.29 is 14.6 Å². The van der Waals surface area contributed by atoms with Gasteiger partial charge in [0.15, 0.2) is 0 Å². The van der Waals surface area contributed by atoms with E-state index in [0.29, 0.717) is 0 Å². The van der Waals surface area contributed by atoms with Crippen LogP contribution in [0.2, 0.25) is 10.3 Å². The predicted molar refractivity (Wildman–Crippen MR) is 57.6 cm³/mol. The lowest BCUT2D eigenvalue weighted by Crippen LogP contribution is -2.13. The number of pyridine rings is 1. The van der Waals surface area contributed by atoms with Crippen molar-refractivity contribution in [3.63, 3.8) is 0 Å². The zero-order valence-corrected chi connectivity index (χ0v) is 9.13. The molecule has 0 spiro atoms. The summed E-state index contributed by atoms with van der Waals surface area (Å²) >= 11 is 11.3. The lowest BCUT2D eigenvalue weighted by atomic mass is 10.1. The molecule has 0 aliphatic rings. The van der Waals surface area contributed by atoms with Gasteiger partial charge in [0.05, 0.1) is 0 Å². The van der Waals surface area contributed by atoms with E-state index in [9.17, 15) is 4.79 Å². The largest absolute Gasteiger partial charge is 0.478 e. The second-order valence-electron chi connectivity index (χ2n) is 2.46. The van der Waals surface area contributed by atoms with Gasteiger partial charge in [-0.15, -0.1) is 0 Å². The molecule has 0 bridgehead atoms. The van der Waals surface area contributed by atoms with Crippen LogP contribution in [-0.4, -0.2) is 30.8 Å². The van der Waals surface area contributed by atoms with Gasteiger partial charge >= 0.3 is 13.6 Å². The van der Waals surface area contributed by atoms with Crippen LogP contribution in [0.4, 0.5) is 5.69 Å². The molecule has 1 rings (SSSR count). The molecule has 2 N–H and O–H groups in total. The summed E-state index contributed by atoms with van der Waals surface area (Å²) in [5, 5.41) is 11.4. The third-order valence-electron chi connectivity index (χ3n) is 1.49. The molecule has 79 valence electrons. The van der Waals surface area contributed by atoms with Gasteiger partial charge in [-0.25, -0.2) is 9.78 Å². The fraction of sp³-hybridized carbons (Fsp3) is 0.143. The van der Waals surface area contributed by atoms with Crippen molar-refractivity contribution in [1.82, 2.24) is 4.98 Å². The number of nitrogens with one attached hydrogen (secondary N) is 1. The van der Waals surface area contributed by atoms with E-state index >= 15 is 0 Å². The van der Waals surface area contributed by atoms with Crippen molar-refractivity contribution in [2.45, 2.75) is 0 Å². The van der Waals surface area contributed by atoms with Gasteiger partial charge in [0, 0.05) is 12.8 Å². The maximum Gasteiger partial charge on any atom is 0.435 e. The van der Waals surface area contributed by atoms with Gasteiger partial charge in [-0.1, -0.05) is 23.2 Å². The van der Waals surface area contributed by atoms with Crippen molar-refractivity contribution in [2.24, 2.45) is 0 Å². The SMILES string of the molecule is CO[B]Nc1cc(Cl)nc(Cl)c1C(=O)O. The first-order valence-corrected chi connectivity index (χ1v) is 4.52. The fourth-order valence-electron chi connectivity index (χ4n) is 0.924. The first-order chi connectivity index (χ1) is 7.06. The molecule has 0 atom stereocenters. The minimum absolute atomic E-state index is 0.0944. The van der Waals surface area contributed by atoms with Gasteiger partial charge in [0.2, 0.25) is 0 Å². The van der Waals surface area contributed by atoms with E-state index in [1.807, 2.05) is 0 Å². The molecule has 8 heteroatoms. The van der Waals surface area contributed by atoms with E-state index in [-0.39, 0.29) is 21.6 Å². The summed E-state index contributed by atoms with van der Waals surface area (Å²) in [6.45, 7) is 0. The second kappa shape index (κ2) is 5.20. The van der Waals surface area contributed by atoms with Crippen molar-refractivity contribution in [3.05, 3.63) is 21.9 Å². The average Bonchev–Trinajstić information content (AvgIpc) is 2.12. The highest BCUT2D eigenvalue weighted by molar-refractivity contribution is 6.37. The molecule has 1 heterocycles. The number of nitrogens with zero attached hydrogens (tertiary/aromatic N) is 1. The quantitative estimate of drug-likeness (QED) is 0.626. The van der Waals surface area contributed by atoms with Crippen molar-refractivity contribution in [3.8, 4) is 0 Å². The van der Waals surface area contributed by atoms with Gasteiger partial charge in [-0.3, -0.25) is 0 Å². The molecule has 5 nitrogen and oxygen atoms in total. The van der Waals surface area contributed by atoms with Gasteiger partial charge < -0.3 is 15.0 Å². The summed E-state index contributed by atoms with van der Waals surface area (Å²) in [5.74, 6) is -1.20. The zero-order chi connectivity index (χ0) is 11.4. The van der Waals surface area contributed by atoms with Gasteiger partial charge in [0.25, 0.3) is 0 Å². The number of anilines is 1. The summed E-state index contributed by atoms with van der Waals surface area (Å²) in [6.07, 6.45) is 0. The summed E-state index contributed by atoms with van der Waals surface area (Å²) in [6, 6.07) is 1.34. The summed E-state index contributed by atoms with van der Waals surface area (Å²) in [4.78, 5) is 14.5. The third-order valence-corrected chi connectivity index (χ3v) is 1.96. The molecule has 0 unspecified atom stereocenters. The third kappa shape index (κ3) is 2.99. The van der Waals surface area contributed by atoms with Gasteiger partial charge in [-0.2, -0.15) is 0 Å². The molecule has 15 heavy (non-hydrogen) atoms. The number of hydrogen-bond donors (Lipinski definition) is 2. The van der Waals surface area contributed by atoms with Crippen LogP contribution in [0.1, 0.15) is 10.4 Å². The van der Waals surface area contributed by atoms with E-state index in [0.717, 1.165) is 0 Å². The molecule has 1 radical (unpaired) electrons. The molecule has 1 aromatic heterocycles. The van der Waals surface area contributed by atoms with Crippen LogP contribution in [0.25, 0.3) is 0 Å². The fourth-order valence-corrected chi connectivity index (χ4v) is 1.43. The number of aromatic carboxylic acids is 1. The molecule has 0 saturated heterocycles. The Kier molecular flexibility index (Phi) is 4.20. The van der Waals surface area contributed by atoms with Crippen molar-refractivity contribution in [2.75, 3.05) is 12.3 Å². The number of carboxylic acids is 1. The van der Waals surface area contributed by atoms with Crippen LogP contribution >= 0.6 is 23.2 Å². The van der Waals surface area contributed by atoms with Crippen LogP contribution in [0.3, 0.4) is 0 Å². The number of halogens is 2. The number of carbonyl (C=O) groups is 1. The predicted octanol–water partition coefficient (Wildman–Crippen LogP) is 1.68. The number of aromatic nitrogens is 1. The first kappa shape index (κ1) is 12.1. The molecule has 0 fully saturated rings. The minimum Gasteiger partial charge on any atom is -0.478 e. The zero-order valence-electron chi connectivity index (χ0n) is 7.62. The average molecular weight is 248 g/mol. The Morgan fingerprint density at radius 1 is 1.67 bits per heavy atom. The van der Waals surface area contributed by atoms with E-state index in [4.69, 9.17) is 28.3 Å². The normalized spacial score (nSPS) is 9.80. The molecule has 0 aliphatic carbocycles. The highest BCUT2D eigenvalue weighted by Gasteiger charge is 2.17.